The monoisotopic (exact) mass is 279 g/mol. The Morgan fingerprint density at radius 2 is 2.05 bits per heavy atom. The molecule has 0 aliphatic heterocycles. The summed E-state index contributed by atoms with van der Waals surface area (Å²) in [6.07, 6.45) is 4.55. The summed E-state index contributed by atoms with van der Waals surface area (Å²) in [5.74, 6) is 1.23. The molecule has 2 atom stereocenters. The van der Waals surface area contributed by atoms with E-state index in [0.29, 0.717) is 17.9 Å². The van der Waals surface area contributed by atoms with Crippen LogP contribution in [0.5, 0.6) is 0 Å². The van der Waals surface area contributed by atoms with Crippen LogP contribution in [0.2, 0.25) is 0 Å². The van der Waals surface area contributed by atoms with Gasteiger partial charge in [-0.2, -0.15) is 5.26 Å². The van der Waals surface area contributed by atoms with E-state index in [0.717, 1.165) is 25.9 Å². The molecular weight excluding hydrogens is 246 g/mol. The van der Waals surface area contributed by atoms with Crippen molar-refractivity contribution in [3.8, 4) is 6.07 Å². The highest BCUT2D eigenvalue weighted by atomic mass is 15.1. The molecule has 116 valence electrons. The predicted molar refractivity (Wildman–Crippen MR) is 85.5 cm³/mol. The van der Waals surface area contributed by atoms with Gasteiger partial charge in [0, 0.05) is 12.6 Å². The first-order chi connectivity index (χ1) is 9.43. The Balaban J connectivity index is 2.58. The summed E-state index contributed by atoms with van der Waals surface area (Å²) < 4.78 is 0. The fourth-order valence-corrected chi connectivity index (χ4v) is 3.59. The lowest BCUT2D eigenvalue weighted by atomic mass is 9.85. The van der Waals surface area contributed by atoms with Crippen LogP contribution in [0.4, 0.5) is 0 Å². The van der Waals surface area contributed by atoms with Crippen molar-refractivity contribution < 1.29 is 0 Å². The van der Waals surface area contributed by atoms with E-state index in [1.807, 2.05) is 0 Å². The number of hydrogen-bond acceptors (Lipinski definition) is 3. The molecule has 0 saturated heterocycles. The van der Waals surface area contributed by atoms with E-state index >= 15 is 0 Å². The average molecular weight is 279 g/mol. The molecule has 3 heteroatoms. The minimum Gasteiger partial charge on any atom is -0.303 e. The van der Waals surface area contributed by atoms with Crippen LogP contribution in [0.1, 0.15) is 60.3 Å². The quantitative estimate of drug-likeness (QED) is 0.740. The molecule has 2 unspecified atom stereocenters. The van der Waals surface area contributed by atoms with E-state index in [1.54, 1.807) is 0 Å². The lowest BCUT2D eigenvalue weighted by Gasteiger charge is -2.33. The Morgan fingerprint density at radius 3 is 2.55 bits per heavy atom. The van der Waals surface area contributed by atoms with E-state index in [2.05, 4.69) is 50.9 Å². The summed E-state index contributed by atoms with van der Waals surface area (Å²) >= 11 is 0. The summed E-state index contributed by atoms with van der Waals surface area (Å²) in [5.41, 5.74) is -0.272. The van der Waals surface area contributed by atoms with Crippen LogP contribution < -0.4 is 5.32 Å². The maximum atomic E-state index is 9.68. The lowest BCUT2D eigenvalue weighted by molar-refractivity contribution is 0.208. The van der Waals surface area contributed by atoms with E-state index < -0.39 is 0 Å². The highest BCUT2D eigenvalue weighted by molar-refractivity contribution is 5.14. The highest BCUT2D eigenvalue weighted by Crippen LogP contribution is 2.38. The zero-order valence-electron chi connectivity index (χ0n) is 14.1. The van der Waals surface area contributed by atoms with Crippen molar-refractivity contribution in [2.24, 2.45) is 11.8 Å². The van der Waals surface area contributed by atoms with E-state index in [9.17, 15) is 5.26 Å². The smallest absolute Gasteiger partial charge is 0.109 e. The molecule has 3 nitrogen and oxygen atoms in total. The van der Waals surface area contributed by atoms with Gasteiger partial charge in [0.25, 0.3) is 0 Å². The fraction of sp³-hybridized carbons (Fsp3) is 0.941. The molecule has 1 N–H and O–H groups in total. The first kappa shape index (κ1) is 17.5. The first-order valence-corrected chi connectivity index (χ1v) is 8.34. The molecule has 0 heterocycles. The molecule has 1 aliphatic rings. The lowest BCUT2D eigenvalue weighted by Crippen LogP contribution is -2.50. The van der Waals surface area contributed by atoms with Gasteiger partial charge in [-0.1, -0.05) is 27.2 Å². The molecule has 0 radical (unpaired) electrons. The normalized spacial score (nSPS) is 26.6. The van der Waals surface area contributed by atoms with Gasteiger partial charge in [-0.3, -0.25) is 5.32 Å². The van der Waals surface area contributed by atoms with Gasteiger partial charge in [-0.15, -0.1) is 0 Å². The van der Waals surface area contributed by atoms with Crippen molar-refractivity contribution in [3.05, 3.63) is 0 Å². The minimum atomic E-state index is -0.272. The zero-order chi connectivity index (χ0) is 15.2. The van der Waals surface area contributed by atoms with Crippen molar-refractivity contribution in [1.29, 1.82) is 5.26 Å². The van der Waals surface area contributed by atoms with Crippen molar-refractivity contribution in [3.63, 3.8) is 0 Å². The zero-order valence-corrected chi connectivity index (χ0v) is 14.1. The number of hydrogen-bond donors (Lipinski definition) is 1. The van der Waals surface area contributed by atoms with Gasteiger partial charge in [0.15, 0.2) is 0 Å². The van der Waals surface area contributed by atoms with Crippen molar-refractivity contribution in [1.82, 2.24) is 10.2 Å². The van der Waals surface area contributed by atoms with Gasteiger partial charge in [-0.25, -0.2) is 0 Å². The maximum Gasteiger partial charge on any atom is 0.109 e. The number of rotatable bonds is 8. The SMILES string of the molecule is CCN(CCC1CCCC1(C#N)NC(C)C)CC(C)C. The molecule has 0 spiro atoms. The summed E-state index contributed by atoms with van der Waals surface area (Å²) in [6, 6.07) is 2.99. The fourth-order valence-electron chi connectivity index (χ4n) is 3.59. The molecule has 0 aromatic rings. The summed E-state index contributed by atoms with van der Waals surface area (Å²) in [7, 11) is 0. The second-order valence-electron chi connectivity index (χ2n) is 7.05. The highest BCUT2D eigenvalue weighted by Gasteiger charge is 2.43. The summed E-state index contributed by atoms with van der Waals surface area (Å²) in [6.45, 7) is 14.5. The standard InChI is InChI=1S/C17H33N3/c1-6-20(12-14(2)3)11-9-16-8-7-10-17(16,13-18)19-15(4)5/h14-16,19H,6-12H2,1-5H3. The van der Waals surface area contributed by atoms with E-state index in [1.165, 1.54) is 19.4 Å². The molecule has 0 aromatic heterocycles. The van der Waals surface area contributed by atoms with Gasteiger partial charge in [0.1, 0.15) is 5.54 Å². The number of nitrogens with zero attached hydrogens (tertiary/aromatic N) is 2. The average Bonchev–Trinajstić information content (AvgIpc) is 2.76. The van der Waals surface area contributed by atoms with Crippen molar-refractivity contribution >= 4 is 0 Å². The van der Waals surface area contributed by atoms with Crippen LogP contribution in [-0.2, 0) is 0 Å². The van der Waals surface area contributed by atoms with Gasteiger partial charge in [0.05, 0.1) is 6.07 Å². The van der Waals surface area contributed by atoms with Crippen LogP contribution in [-0.4, -0.2) is 36.1 Å². The second-order valence-corrected chi connectivity index (χ2v) is 7.05. The van der Waals surface area contributed by atoms with Gasteiger partial charge < -0.3 is 4.90 Å². The molecule has 0 aromatic carbocycles. The molecule has 1 saturated carbocycles. The Labute approximate surface area is 125 Å². The predicted octanol–water partition coefficient (Wildman–Crippen LogP) is 3.41. The van der Waals surface area contributed by atoms with E-state index in [-0.39, 0.29) is 5.54 Å². The third-order valence-electron chi connectivity index (χ3n) is 4.43. The van der Waals surface area contributed by atoms with Crippen molar-refractivity contribution in [2.45, 2.75) is 71.9 Å². The molecular formula is C17H33N3. The molecule has 1 rings (SSSR count). The maximum absolute atomic E-state index is 9.68. The molecule has 0 bridgehead atoms. The third kappa shape index (κ3) is 4.75. The molecule has 0 amide bonds. The van der Waals surface area contributed by atoms with Crippen LogP contribution in [0.15, 0.2) is 0 Å². The van der Waals surface area contributed by atoms with Crippen LogP contribution in [0.25, 0.3) is 0 Å². The number of nitrogens with one attached hydrogen (secondary N) is 1. The van der Waals surface area contributed by atoms with Gasteiger partial charge in [-0.05, 0) is 58.0 Å². The Hall–Kier alpha value is -0.590. The summed E-state index contributed by atoms with van der Waals surface area (Å²) in [4.78, 5) is 2.53. The van der Waals surface area contributed by atoms with E-state index in [4.69, 9.17) is 0 Å². The van der Waals surface area contributed by atoms with Gasteiger partial charge >= 0.3 is 0 Å². The Kier molecular flexibility index (Phi) is 6.99. The van der Waals surface area contributed by atoms with Crippen LogP contribution in [0, 0.1) is 23.2 Å². The largest absolute Gasteiger partial charge is 0.303 e. The number of nitriles is 1. The Morgan fingerprint density at radius 1 is 1.35 bits per heavy atom. The molecule has 1 fully saturated rings. The van der Waals surface area contributed by atoms with Crippen LogP contribution >= 0.6 is 0 Å². The van der Waals surface area contributed by atoms with Gasteiger partial charge in [0.2, 0.25) is 0 Å². The van der Waals surface area contributed by atoms with Crippen LogP contribution in [0.3, 0.4) is 0 Å². The first-order valence-electron chi connectivity index (χ1n) is 8.34. The minimum absolute atomic E-state index is 0.272. The third-order valence-corrected chi connectivity index (χ3v) is 4.43. The molecule has 20 heavy (non-hydrogen) atoms. The molecule has 1 aliphatic carbocycles. The topological polar surface area (TPSA) is 39.1 Å². The second kappa shape index (κ2) is 8.00. The Bertz CT molecular complexity index is 319. The summed E-state index contributed by atoms with van der Waals surface area (Å²) in [5, 5.41) is 13.2. The van der Waals surface area contributed by atoms with Crippen molar-refractivity contribution in [2.75, 3.05) is 19.6 Å².